The molecule has 1 heterocycles. The fourth-order valence-electron chi connectivity index (χ4n) is 1.99. The van der Waals surface area contributed by atoms with E-state index in [2.05, 4.69) is 21.2 Å². The molecule has 1 atom stereocenters. The van der Waals surface area contributed by atoms with Crippen molar-refractivity contribution in [2.45, 2.75) is 12.8 Å². The highest BCUT2D eigenvalue weighted by Crippen LogP contribution is 2.23. The summed E-state index contributed by atoms with van der Waals surface area (Å²) in [6, 6.07) is 4.85. The van der Waals surface area contributed by atoms with E-state index in [0.717, 1.165) is 19.4 Å². The van der Waals surface area contributed by atoms with Crippen LogP contribution in [-0.4, -0.2) is 18.9 Å². The van der Waals surface area contributed by atoms with Gasteiger partial charge in [0, 0.05) is 12.5 Å². The highest BCUT2D eigenvalue weighted by Gasteiger charge is 2.24. The first-order valence-corrected chi connectivity index (χ1v) is 6.18. The lowest BCUT2D eigenvalue weighted by molar-refractivity contribution is 0.0895. The first kappa shape index (κ1) is 11.7. The van der Waals surface area contributed by atoms with E-state index < -0.39 is 5.82 Å². The molecule has 1 aromatic rings. The molecule has 0 spiro atoms. The van der Waals surface area contributed by atoms with Crippen LogP contribution in [0.4, 0.5) is 4.39 Å². The topological polar surface area (TPSA) is 29.1 Å². The fourth-order valence-corrected chi connectivity index (χ4v) is 2.36. The van der Waals surface area contributed by atoms with Crippen molar-refractivity contribution in [2.75, 3.05) is 13.1 Å². The lowest BCUT2D eigenvalue weighted by Crippen LogP contribution is -2.34. The Morgan fingerprint density at radius 3 is 3.00 bits per heavy atom. The molecule has 2 nitrogen and oxygen atoms in total. The van der Waals surface area contributed by atoms with E-state index in [9.17, 15) is 9.18 Å². The second kappa shape index (κ2) is 5.06. The van der Waals surface area contributed by atoms with Gasteiger partial charge >= 0.3 is 0 Å². The number of nitrogens with one attached hydrogen (secondary N) is 1. The van der Waals surface area contributed by atoms with Crippen molar-refractivity contribution in [3.05, 3.63) is 34.1 Å². The number of halogens is 2. The molecule has 0 radical (unpaired) electrons. The summed E-state index contributed by atoms with van der Waals surface area (Å²) in [7, 11) is 0. The van der Waals surface area contributed by atoms with Gasteiger partial charge in [-0.25, -0.2) is 4.39 Å². The van der Waals surface area contributed by atoms with Crippen molar-refractivity contribution < 1.29 is 9.18 Å². The number of piperidine rings is 1. The maximum absolute atomic E-state index is 13.7. The first-order chi connectivity index (χ1) is 7.70. The van der Waals surface area contributed by atoms with E-state index in [-0.39, 0.29) is 17.3 Å². The number of rotatable bonds is 2. The van der Waals surface area contributed by atoms with Gasteiger partial charge in [-0.3, -0.25) is 4.79 Å². The average molecular weight is 286 g/mol. The van der Waals surface area contributed by atoms with Crippen LogP contribution in [0.1, 0.15) is 23.2 Å². The quantitative estimate of drug-likeness (QED) is 0.847. The number of hydrogen-bond acceptors (Lipinski definition) is 2. The van der Waals surface area contributed by atoms with Crippen molar-refractivity contribution in [2.24, 2.45) is 5.92 Å². The lowest BCUT2D eigenvalue weighted by Gasteiger charge is -2.21. The third-order valence-electron chi connectivity index (χ3n) is 2.88. The molecule has 1 saturated heterocycles. The Morgan fingerprint density at radius 1 is 1.50 bits per heavy atom. The highest BCUT2D eigenvalue weighted by atomic mass is 79.9. The van der Waals surface area contributed by atoms with Gasteiger partial charge in [-0.2, -0.15) is 0 Å². The van der Waals surface area contributed by atoms with Crippen molar-refractivity contribution >= 4 is 21.7 Å². The first-order valence-electron chi connectivity index (χ1n) is 5.39. The molecule has 4 heteroatoms. The van der Waals surface area contributed by atoms with Crippen LogP contribution < -0.4 is 5.32 Å². The Balaban J connectivity index is 2.22. The Hall–Kier alpha value is -0.740. The van der Waals surface area contributed by atoms with E-state index in [0.29, 0.717) is 11.0 Å². The largest absolute Gasteiger partial charge is 0.316 e. The van der Waals surface area contributed by atoms with Crippen molar-refractivity contribution in [3.63, 3.8) is 0 Å². The molecule has 2 rings (SSSR count). The van der Waals surface area contributed by atoms with Gasteiger partial charge in [0.2, 0.25) is 0 Å². The van der Waals surface area contributed by atoms with Crippen LogP contribution >= 0.6 is 15.9 Å². The van der Waals surface area contributed by atoms with Gasteiger partial charge in [-0.1, -0.05) is 6.07 Å². The van der Waals surface area contributed by atoms with Gasteiger partial charge in [-0.05, 0) is 47.4 Å². The molecule has 1 N–H and O–H groups in total. The molecule has 1 aliphatic rings. The number of Topliss-reactive ketones (excluding diaryl/α,β-unsaturated/α-hetero) is 1. The zero-order valence-electron chi connectivity index (χ0n) is 8.80. The molecule has 1 unspecified atom stereocenters. The molecule has 0 amide bonds. The van der Waals surface area contributed by atoms with E-state index in [1.165, 1.54) is 0 Å². The van der Waals surface area contributed by atoms with Gasteiger partial charge in [0.1, 0.15) is 5.82 Å². The lowest BCUT2D eigenvalue weighted by atomic mass is 9.91. The summed E-state index contributed by atoms with van der Waals surface area (Å²) < 4.78 is 14.1. The standard InChI is InChI=1S/C12H13BrFNO/c13-10-5-1-4-9(11(10)14)12(16)8-3-2-6-15-7-8/h1,4-5,8,15H,2-3,6-7H2. The number of benzene rings is 1. The number of ketones is 1. The second-order valence-corrected chi connectivity index (χ2v) is 4.86. The molecule has 0 saturated carbocycles. The van der Waals surface area contributed by atoms with E-state index >= 15 is 0 Å². The van der Waals surface area contributed by atoms with Crippen molar-refractivity contribution in [1.29, 1.82) is 0 Å². The Labute approximate surface area is 102 Å². The third-order valence-corrected chi connectivity index (χ3v) is 3.50. The summed E-state index contributed by atoms with van der Waals surface area (Å²) in [6.07, 6.45) is 1.82. The van der Waals surface area contributed by atoms with Crippen LogP contribution in [0.5, 0.6) is 0 Å². The van der Waals surface area contributed by atoms with Gasteiger partial charge in [-0.15, -0.1) is 0 Å². The van der Waals surface area contributed by atoms with E-state index in [1.807, 2.05) is 0 Å². The third kappa shape index (κ3) is 2.33. The maximum atomic E-state index is 13.7. The zero-order chi connectivity index (χ0) is 11.5. The van der Waals surface area contributed by atoms with Gasteiger partial charge in [0.15, 0.2) is 5.78 Å². The minimum atomic E-state index is -0.446. The number of carbonyl (C=O) groups is 1. The minimum Gasteiger partial charge on any atom is -0.316 e. The summed E-state index contributed by atoms with van der Waals surface area (Å²) in [6.45, 7) is 1.61. The van der Waals surface area contributed by atoms with Gasteiger partial charge in [0.25, 0.3) is 0 Å². The van der Waals surface area contributed by atoms with Gasteiger partial charge < -0.3 is 5.32 Å². The monoisotopic (exact) mass is 285 g/mol. The predicted molar refractivity (Wildman–Crippen MR) is 64.0 cm³/mol. The SMILES string of the molecule is O=C(c1cccc(Br)c1F)C1CCCNC1. The Morgan fingerprint density at radius 2 is 2.31 bits per heavy atom. The van der Waals surface area contributed by atoms with E-state index in [1.54, 1.807) is 18.2 Å². The molecule has 1 aromatic carbocycles. The van der Waals surface area contributed by atoms with Crippen LogP contribution in [-0.2, 0) is 0 Å². The van der Waals surface area contributed by atoms with Crippen LogP contribution in [0.15, 0.2) is 22.7 Å². The Kier molecular flexibility index (Phi) is 3.71. The number of carbonyl (C=O) groups excluding carboxylic acids is 1. The minimum absolute atomic E-state index is 0.0856. The molecule has 0 bridgehead atoms. The molecular formula is C12H13BrFNO. The summed E-state index contributed by atoms with van der Waals surface area (Å²) in [4.78, 5) is 12.1. The fraction of sp³-hybridized carbons (Fsp3) is 0.417. The Bertz CT molecular complexity index is 402. The summed E-state index contributed by atoms with van der Waals surface area (Å²) >= 11 is 3.10. The maximum Gasteiger partial charge on any atom is 0.170 e. The van der Waals surface area contributed by atoms with Crippen LogP contribution in [0.25, 0.3) is 0 Å². The van der Waals surface area contributed by atoms with Crippen molar-refractivity contribution in [1.82, 2.24) is 5.32 Å². The van der Waals surface area contributed by atoms with Crippen LogP contribution in [0.3, 0.4) is 0 Å². The predicted octanol–water partition coefficient (Wildman–Crippen LogP) is 2.77. The smallest absolute Gasteiger partial charge is 0.170 e. The summed E-state index contributed by atoms with van der Waals surface area (Å²) in [5.41, 5.74) is 0.197. The number of hydrogen-bond donors (Lipinski definition) is 1. The highest BCUT2D eigenvalue weighted by molar-refractivity contribution is 9.10. The van der Waals surface area contributed by atoms with Crippen LogP contribution in [0.2, 0.25) is 0 Å². The molecular weight excluding hydrogens is 273 g/mol. The normalized spacial score (nSPS) is 20.8. The molecule has 1 aliphatic heterocycles. The van der Waals surface area contributed by atoms with Crippen LogP contribution in [0, 0.1) is 11.7 Å². The zero-order valence-corrected chi connectivity index (χ0v) is 10.4. The van der Waals surface area contributed by atoms with Crippen molar-refractivity contribution in [3.8, 4) is 0 Å². The molecule has 1 fully saturated rings. The van der Waals surface area contributed by atoms with Gasteiger partial charge in [0.05, 0.1) is 10.0 Å². The molecule has 16 heavy (non-hydrogen) atoms. The average Bonchev–Trinajstić information content (AvgIpc) is 2.33. The van der Waals surface area contributed by atoms with E-state index in [4.69, 9.17) is 0 Å². The second-order valence-electron chi connectivity index (χ2n) is 4.01. The summed E-state index contributed by atoms with van der Waals surface area (Å²) in [5.74, 6) is -0.623. The molecule has 86 valence electrons. The molecule has 0 aromatic heterocycles. The molecule has 0 aliphatic carbocycles. The summed E-state index contributed by atoms with van der Waals surface area (Å²) in [5, 5.41) is 3.16.